The van der Waals surface area contributed by atoms with Crippen molar-refractivity contribution in [2.45, 2.75) is 37.0 Å². The molecule has 5 rings (SSSR count). The van der Waals surface area contributed by atoms with Crippen LogP contribution in [0.4, 0.5) is 4.79 Å². The topological polar surface area (TPSA) is 123 Å². The number of carboxylic acids is 1. The molecule has 2 aromatic carbocycles. The third-order valence-corrected chi connectivity index (χ3v) is 6.93. The standard InChI is InChI=1S/C26H28N2O7/c29-24(28-22-9-10-33-23(22)25(30)31)15-11-16(34-13-15)12-27-26(32)35-14-21-19-7-3-1-5-17(19)18-6-2-4-8-20(18)21/h1-8,15-16,21-23H,9-14H2,(H,27,32)(H,28,29)(H,30,31). The van der Waals surface area contributed by atoms with Crippen LogP contribution in [0.5, 0.6) is 0 Å². The van der Waals surface area contributed by atoms with Crippen molar-refractivity contribution >= 4 is 18.0 Å². The summed E-state index contributed by atoms with van der Waals surface area (Å²) in [5.74, 6) is -1.76. The number of amides is 2. The molecule has 0 saturated carbocycles. The Morgan fingerprint density at radius 2 is 1.69 bits per heavy atom. The number of alkyl carbamates (subject to hydrolysis) is 1. The normalized spacial score (nSPS) is 25.0. The molecular formula is C26H28N2O7. The van der Waals surface area contributed by atoms with Gasteiger partial charge in [0.1, 0.15) is 6.61 Å². The Hall–Kier alpha value is -3.43. The molecule has 2 aliphatic heterocycles. The molecule has 4 atom stereocenters. The molecule has 184 valence electrons. The van der Waals surface area contributed by atoms with Gasteiger partial charge < -0.3 is 30.0 Å². The number of carbonyl (C=O) groups excluding carboxylic acids is 2. The molecule has 0 radical (unpaired) electrons. The first-order valence-electron chi connectivity index (χ1n) is 11.9. The van der Waals surface area contributed by atoms with E-state index < -0.39 is 30.1 Å². The van der Waals surface area contributed by atoms with E-state index in [1.54, 1.807) is 0 Å². The third kappa shape index (κ3) is 4.87. The summed E-state index contributed by atoms with van der Waals surface area (Å²) in [7, 11) is 0. The van der Waals surface area contributed by atoms with Crippen LogP contribution in [-0.4, -0.2) is 67.7 Å². The number of hydrogen-bond donors (Lipinski definition) is 3. The van der Waals surface area contributed by atoms with E-state index in [2.05, 4.69) is 34.9 Å². The highest BCUT2D eigenvalue weighted by Crippen LogP contribution is 2.44. The lowest BCUT2D eigenvalue weighted by molar-refractivity contribution is -0.148. The summed E-state index contributed by atoms with van der Waals surface area (Å²) in [6.45, 7) is 0.972. The summed E-state index contributed by atoms with van der Waals surface area (Å²) in [5.41, 5.74) is 4.62. The zero-order valence-corrected chi connectivity index (χ0v) is 19.1. The number of rotatable bonds is 7. The molecule has 35 heavy (non-hydrogen) atoms. The Bertz CT molecular complexity index is 1070. The average Bonchev–Trinajstić information content (AvgIpc) is 3.59. The SMILES string of the molecule is O=C(NCC1CC(C(=O)NC2CCOC2C(=O)O)CO1)OCC1c2ccccc2-c2ccccc21. The van der Waals surface area contributed by atoms with Gasteiger partial charge in [0.2, 0.25) is 5.91 Å². The lowest BCUT2D eigenvalue weighted by Gasteiger charge is -2.18. The van der Waals surface area contributed by atoms with Crippen molar-refractivity contribution in [1.82, 2.24) is 10.6 Å². The first-order valence-corrected chi connectivity index (χ1v) is 11.9. The molecule has 9 nitrogen and oxygen atoms in total. The van der Waals surface area contributed by atoms with Gasteiger partial charge in [-0.25, -0.2) is 9.59 Å². The second-order valence-corrected chi connectivity index (χ2v) is 9.13. The molecule has 1 aliphatic carbocycles. The summed E-state index contributed by atoms with van der Waals surface area (Å²) >= 11 is 0. The number of aliphatic carboxylic acids is 1. The maximum absolute atomic E-state index is 12.6. The maximum Gasteiger partial charge on any atom is 0.407 e. The highest BCUT2D eigenvalue weighted by molar-refractivity contribution is 5.81. The summed E-state index contributed by atoms with van der Waals surface area (Å²) in [4.78, 5) is 36.2. The number of hydrogen-bond acceptors (Lipinski definition) is 6. The summed E-state index contributed by atoms with van der Waals surface area (Å²) < 4.78 is 16.4. The lowest BCUT2D eigenvalue weighted by atomic mass is 9.98. The first-order chi connectivity index (χ1) is 17.0. The van der Waals surface area contributed by atoms with Crippen LogP contribution in [0.2, 0.25) is 0 Å². The molecule has 2 fully saturated rings. The zero-order valence-electron chi connectivity index (χ0n) is 19.1. The van der Waals surface area contributed by atoms with Crippen LogP contribution in [0.1, 0.15) is 29.9 Å². The largest absolute Gasteiger partial charge is 0.479 e. The van der Waals surface area contributed by atoms with Gasteiger partial charge in [0, 0.05) is 19.1 Å². The minimum atomic E-state index is -1.08. The highest BCUT2D eigenvalue weighted by Gasteiger charge is 2.38. The van der Waals surface area contributed by atoms with E-state index >= 15 is 0 Å². The number of carboxylic acid groups (broad SMARTS) is 1. The Balaban J connectivity index is 1.08. The number of benzene rings is 2. The Kier molecular flexibility index (Phi) is 6.70. The fourth-order valence-electron chi connectivity index (χ4n) is 5.16. The van der Waals surface area contributed by atoms with Crippen LogP contribution >= 0.6 is 0 Å². The maximum atomic E-state index is 12.6. The predicted molar refractivity (Wildman–Crippen MR) is 125 cm³/mol. The van der Waals surface area contributed by atoms with E-state index in [4.69, 9.17) is 14.2 Å². The van der Waals surface area contributed by atoms with Gasteiger partial charge in [-0.2, -0.15) is 0 Å². The Morgan fingerprint density at radius 3 is 2.37 bits per heavy atom. The summed E-state index contributed by atoms with van der Waals surface area (Å²) in [6, 6.07) is 15.7. The van der Waals surface area contributed by atoms with Gasteiger partial charge in [-0.15, -0.1) is 0 Å². The van der Waals surface area contributed by atoms with Crippen molar-refractivity contribution in [3.05, 3.63) is 59.7 Å². The lowest BCUT2D eigenvalue weighted by Crippen LogP contribution is -2.46. The van der Waals surface area contributed by atoms with Gasteiger partial charge in [0.05, 0.1) is 24.7 Å². The molecule has 3 N–H and O–H groups in total. The van der Waals surface area contributed by atoms with Gasteiger partial charge in [0.25, 0.3) is 0 Å². The summed E-state index contributed by atoms with van der Waals surface area (Å²) in [5, 5.41) is 14.7. The minimum absolute atomic E-state index is 0.0156. The van der Waals surface area contributed by atoms with E-state index in [1.165, 1.54) is 11.1 Å². The monoisotopic (exact) mass is 480 g/mol. The molecule has 9 heteroatoms. The van der Waals surface area contributed by atoms with Gasteiger partial charge in [-0.1, -0.05) is 48.5 Å². The highest BCUT2D eigenvalue weighted by atomic mass is 16.5. The van der Waals surface area contributed by atoms with Crippen LogP contribution in [0.25, 0.3) is 11.1 Å². The van der Waals surface area contributed by atoms with E-state index in [1.807, 2.05) is 24.3 Å². The number of fused-ring (bicyclic) bond motifs is 3. The fraction of sp³-hybridized carbons (Fsp3) is 0.423. The van der Waals surface area contributed by atoms with Crippen molar-refractivity contribution in [2.75, 3.05) is 26.4 Å². The second-order valence-electron chi connectivity index (χ2n) is 9.13. The van der Waals surface area contributed by atoms with Gasteiger partial charge >= 0.3 is 12.1 Å². The predicted octanol–water partition coefficient (Wildman–Crippen LogP) is 2.29. The van der Waals surface area contributed by atoms with Crippen LogP contribution in [0.3, 0.4) is 0 Å². The number of ether oxygens (including phenoxy) is 3. The molecule has 2 aromatic rings. The molecule has 2 amide bonds. The van der Waals surface area contributed by atoms with Gasteiger partial charge in [0.15, 0.2) is 6.10 Å². The van der Waals surface area contributed by atoms with Crippen molar-refractivity contribution < 1.29 is 33.7 Å². The molecule has 0 aromatic heterocycles. The molecule has 0 bridgehead atoms. The zero-order chi connectivity index (χ0) is 24.4. The third-order valence-electron chi connectivity index (χ3n) is 6.93. The van der Waals surface area contributed by atoms with Crippen molar-refractivity contribution in [2.24, 2.45) is 5.92 Å². The molecule has 2 saturated heterocycles. The van der Waals surface area contributed by atoms with E-state index in [9.17, 15) is 19.5 Å². The Labute approximate surface area is 202 Å². The number of carbonyl (C=O) groups is 3. The van der Waals surface area contributed by atoms with Gasteiger partial charge in [-0.3, -0.25) is 4.79 Å². The first kappa shape index (κ1) is 23.3. The van der Waals surface area contributed by atoms with Crippen molar-refractivity contribution in [3.63, 3.8) is 0 Å². The van der Waals surface area contributed by atoms with Crippen molar-refractivity contribution in [3.8, 4) is 11.1 Å². The van der Waals surface area contributed by atoms with Crippen LogP contribution < -0.4 is 10.6 Å². The van der Waals surface area contributed by atoms with E-state index in [0.29, 0.717) is 19.4 Å². The van der Waals surface area contributed by atoms with Gasteiger partial charge in [-0.05, 0) is 35.1 Å². The minimum Gasteiger partial charge on any atom is -0.479 e. The smallest absolute Gasteiger partial charge is 0.407 e. The summed E-state index contributed by atoms with van der Waals surface area (Å²) in [6.07, 6.45) is -0.978. The quantitative estimate of drug-likeness (QED) is 0.556. The molecule has 0 spiro atoms. The molecule has 2 heterocycles. The van der Waals surface area contributed by atoms with E-state index in [0.717, 1.165) is 11.1 Å². The van der Waals surface area contributed by atoms with Crippen LogP contribution in [-0.2, 0) is 23.8 Å². The number of nitrogens with one attached hydrogen (secondary N) is 2. The fourth-order valence-corrected chi connectivity index (χ4v) is 5.16. The second kappa shape index (κ2) is 10.1. The van der Waals surface area contributed by atoms with Crippen LogP contribution in [0, 0.1) is 5.92 Å². The molecule has 3 aliphatic rings. The molecular weight excluding hydrogens is 452 g/mol. The Morgan fingerprint density at radius 1 is 1.00 bits per heavy atom. The van der Waals surface area contributed by atoms with E-state index in [-0.39, 0.29) is 37.7 Å². The average molecular weight is 481 g/mol. The molecule has 4 unspecified atom stereocenters. The van der Waals surface area contributed by atoms with Crippen molar-refractivity contribution in [1.29, 1.82) is 0 Å². The van der Waals surface area contributed by atoms with Crippen LogP contribution in [0.15, 0.2) is 48.5 Å².